The standard InChI is InChI=1S/C10H15N3O/c1-8-2-4-9(5-3-8)12-7-6-10(11)13-14/h2-5,12,14H,6-7H2,1H3,(H2,11,13). The van der Waals surface area contributed by atoms with Crippen LogP contribution in [0, 0.1) is 6.92 Å². The summed E-state index contributed by atoms with van der Waals surface area (Å²) in [6.45, 7) is 2.71. The summed E-state index contributed by atoms with van der Waals surface area (Å²) in [5.41, 5.74) is 7.59. The van der Waals surface area contributed by atoms with Crippen molar-refractivity contribution in [2.45, 2.75) is 13.3 Å². The largest absolute Gasteiger partial charge is 0.409 e. The predicted molar refractivity (Wildman–Crippen MR) is 57.7 cm³/mol. The van der Waals surface area contributed by atoms with Gasteiger partial charge >= 0.3 is 0 Å². The zero-order valence-corrected chi connectivity index (χ0v) is 8.20. The fourth-order valence-corrected chi connectivity index (χ4v) is 1.06. The minimum atomic E-state index is 0.240. The monoisotopic (exact) mass is 193 g/mol. The molecule has 0 unspecified atom stereocenters. The van der Waals surface area contributed by atoms with Crippen LogP contribution in [0.1, 0.15) is 12.0 Å². The van der Waals surface area contributed by atoms with E-state index in [4.69, 9.17) is 10.9 Å². The lowest BCUT2D eigenvalue weighted by molar-refractivity contribution is 0.317. The van der Waals surface area contributed by atoms with E-state index in [-0.39, 0.29) is 5.84 Å². The van der Waals surface area contributed by atoms with Gasteiger partial charge in [0, 0.05) is 18.7 Å². The maximum absolute atomic E-state index is 8.30. The van der Waals surface area contributed by atoms with Crippen molar-refractivity contribution in [3.05, 3.63) is 29.8 Å². The third-order valence-corrected chi connectivity index (χ3v) is 1.89. The molecule has 76 valence electrons. The summed E-state index contributed by atoms with van der Waals surface area (Å²) in [5.74, 6) is 0.240. The molecule has 0 heterocycles. The number of hydrogen-bond acceptors (Lipinski definition) is 3. The van der Waals surface area contributed by atoms with Gasteiger partial charge in [-0.3, -0.25) is 0 Å². The Kier molecular flexibility index (Phi) is 3.79. The van der Waals surface area contributed by atoms with Gasteiger partial charge < -0.3 is 16.3 Å². The van der Waals surface area contributed by atoms with Crippen LogP contribution in [0.5, 0.6) is 0 Å². The van der Waals surface area contributed by atoms with E-state index in [1.807, 2.05) is 31.2 Å². The normalized spacial score (nSPS) is 11.4. The first-order chi connectivity index (χ1) is 6.72. The van der Waals surface area contributed by atoms with E-state index in [0.29, 0.717) is 13.0 Å². The van der Waals surface area contributed by atoms with E-state index in [1.54, 1.807) is 0 Å². The Bertz CT molecular complexity index is 306. The topological polar surface area (TPSA) is 70.6 Å². The molecule has 4 nitrogen and oxygen atoms in total. The molecule has 0 radical (unpaired) electrons. The summed E-state index contributed by atoms with van der Waals surface area (Å²) >= 11 is 0. The van der Waals surface area contributed by atoms with Crippen LogP contribution in [-0.4, -0.2) is 17.6 Å². The van der Waals surface area contributed by atoms with E-state index >= 15 is 0 Å². The van der Waals surface area contributed by atoms with Gasteiger partial charge in [-0.2, -0.15) is 0 Å². The van der Waals surface area contributed by atoms with E-state index in [2.05, 4.69) is 10.5 Å². The molecule has 0 spiro atoms. The first-order valence-electron chi connectivity index (χ1n) is 4.49. The lowest BCUT2D eigenvalue weighted by Gasteiger charge is -2.05. The summed E-state index contributed by atoms with van der Waals surface area (Å²) < 4.78 is 0. The number of nitrogens with zero attached hydrogens (tertiary/aromatic N) is 1. The van der Waals surface area contributed by atoms with Gasteiger partial charge in [0.15, 0.2) is 0 Å². The maximum atomic E-state index is 8.30. The van der Waals surface area contributed by atoms with Gasteiger partial charge in [-0.25, -0.2) is 0 Å². The molecule has 0 aliphatic carbocycles. The smallest absolute Gasteiger partial charge is 0.140 e. The fourth-order valence-electron chi connectivity index (χ4n) is 1.06. The van der Waals surface area contributed by atoms with E-state index < -0.39 is 0 Å². The molecule has 4 N–H and O–H groups in total. The van der Waals surface area contributed by atoms with Gasteiger partial charge in [0.05, 0.1) is 0 Å². The first-order valence-corrected chi connectivity index (χ1v) is 4.49. The predicted octanol–water partition coefficient (Wildman–Crippen LogP) is 1.54. The Morgan fingerprint density at radius 2 is 2.07 bits per heavy atom. The Balaban J connectivity index is 2.35. The number of benzene rings is 1. The quantitative estimate of drug-likeness (QED) is 0.294. The Morgan fingerprint density at radius 1 is 1.43 bits per heavy atom. The molecule has 0 atom stereocenters. The number of hydrogen-bond donors (Lipinski definition) is 3. The van der Waals surface area contributed by atoms with Crippen LogP contribution in [0.2, 0.25) is 0 Å². The number of rotatable bonds is 4. The van der Waals surface area contributed by atoms with Crippen molar-refractivity contribution >= 4 is 11.5 Å². The van der Waals surface area contributed by atoms with Crippen LogP contribution in [0.25, 0.3) is 0 Å². The maximum Gasteiger partial charge on any atom is 0.140 e. The van der Waals surface area contributed by atoms with Crippen molar-refractivity contribution in [1.29, 1.82) is 0 Å². The van der Waals surface area contributed by atoms with Crippen molar-refractivity contribution in [1.82, 2.24) is 0 Å². The summed E-state index contributed by atoms with van der Waals surface area (Å²) in [5, 5.41) is 14.4. The Morgan fingerprint density at radius 3 is 2.64 bits per heavy atom. The number of oxime groups is 1. The van der Waals surface area contributed by atoms with Crippen LogP contribution < -0.4 is 11.1 Å². The second-order valence-corrected chi connectivity index (χ2v) is 3.13. The number of anilines is 1. The van der Waals surface area contributed by atoms with E-state index in [1.165, 1.54) is 5.56 Å². The molecule has 0 saturated carbocycles. The minimum Gasteiger partial charge on any atom is -0.409 e. The van der Waals surface area contributed by atoms with E-state index in [9.17, 15) is 0 Å². The molecule has 0 aliphatic rings. The summed E-state index contributed by atoms with van der Waals surface area (Å²) in [4.78, 5) is 0. The Labute approximate surface area is 83.4 Å². The average Bonchev–Trinajstić information content (AvgIpc) is 2.21. The first kappa shape index (κ1) is 10.4. The molecule has 0 aliphatic heterocycles. The van der Waals surface area contributed by atoms with E-state index in [0.717, 1.165) is 5.69 Å². The van der Waals surface area contributed by atoms with Gasteiger partial charge in [-0.15, -0.1) is 0 Å². The zero-order chi connectivity index (χ0) is 10.4. The molecule has 0 amide bonds. The number of nitrogens with one attached hydrogen (secondary N) is 1. The minimum absolute atomic E-state index is 0.240. The number of aryl methyl sites for hydroxylation is 1. The molecular weight excluding hydrogens is 178 g/mol. The van der Waals surface area contributed by atoms with Gasteiger partial charge in [-0.1, -0.05) is 22.9 Å². The van der Waals surface area contributed by atoms with Crippen molar-refractivity contribution in [2.24, 2.45) is 10.9 Å². The van der Waals surface area contributed by atoms with Crippen LogP contribution in [0.3, 0.4) is 0 Å². The number of nitrogens with two attached hydrogens (primary N) is 1. The molecular formula is C10H15N3O. The highest BCUT2D eigenvalue weighted by Gasteiger charge is 1.93. The highest BCUT2D eigenvalue weighted by Crippen LogP contribution is 2.07. The van der Waals surface area contributed by atoms with Crippen LogP contribution in [0.4, 0.5) is 5.69 Å². The fraction of sp³-hybridized carbons (Fsp3) is 0.300. The van der Waals surface area contributed by atoms with Crippen LogP contribution in [0.15, 0.2) is 29.4 Å². The molecule has 0 bridgehead atoms. The summed E-state index contributed by atoms with van der Waals surface area (Å²) in [6, 6.07) is 8.07. The van der Waals surface area contributed by atoms with Crippen molar-refractivity contribution in [2.75, 3.05) is 11.9 Å². The van der Waals surface area contributed by atoms with Gasteiger partial charge in [0.25, 0.3) is 0 Å². The van der Waals surface area contributed by atoms with Crippen LogP contribution >= 0.6 is 0 Å². The highest BCUT2D eigenvalue weighted by atomic mass is 16.4. The van der Waals surface area contributed by atoms with Crippen LogP contribution in [-0.2, 0) is 0 Å². The lowest BCUT2D eigenvalue weighted by atomic mass is 10.2. The molecule has 14 heavy (non-hydrogen) atoms. The highest BCUT2D eigenvalue weighted by molar-refractivity contribution is 5.80. The third-order valence-electron chi connectivity index (χ3n) is 1.89. The average molecular weight is 193 g/mol. The molecule has 4 heteroatoms. The lowest BCUT2D eigenvalue weighted by Crippen LogP contribution is -2.16. The molecule has 0 aromatic heterocycles. The molecule has 1 aromatic rings. The van der Waals surface area contributed by atoms with Gasteiger partial charge in [0.2, 0.25) is 0 Å². The van der Waals surface area contributed by atoms with Gasteiger partial charge in [0.1, 0.15) is 5.84 Å². The molecule has 0 fully saturated rings. The third kappa shape index (κ3) is 3.35. The van der Waals surface area contributed by atoms with Gasteiger partial charge in [-0.05, 0) is 19.1 Å². The Hall–Kier alpha value is -1.71. The second-order valence-electron chi connectivity index (χ2n) is 3.13. The zero-order valence-electron chi connectivity index (χ0n) is 8.20. The SMILES string of the molecule is Cc1ccc(NCC/C(N)=N/O)cc1. The summed E-state index contributed by atoms with van der Waals surface area (Å²) in [7, 11) is 0. The molecule has 1 rings (SSSR count). The second kappa shape index (κ2) is 5.11. The van der Waals surface area contributed by atoms with Crippen molar-refractivity contribution < 1.29 is 5.21 Å². The summed E-state index contributed by atoms with van der Waals surface area (Å²) in [6.07, 6.45) is 0.532. The van der Waals surface area contributed by atoms with Crippen molar-refractivity contribution in [3.63, 3.8) is 0 Å². The number of amidine groups is 1. The molecule has 0 saturated heterocycles. The van der Waals surface area contributed by atoms with Crippen molar-refractivity contribution in [3.8, 4) is 0 Å². The molecule has 1 aromatic carbocycles.